The van der Waals surface area contributed by atoms with E-state index in [0.717, 1.165) is 6.07 Å². The smallest absolute Gasteiger partial charge is 0.407 e. The fourth-order valence-corrected chi connectivity index (χ4v) is 3.01. The van der Waals surface area contributed by atoms with Crippen LogP contribution in [0, 0.1) is 5.82 Å². The maximum absolute atomic E-state index is 14.3. The molecule has 1 aromatic heterocycles. The molecule has 0 atom stereocenters. The molecule has 8 nitrogen and oxygen atoms in total. The van der Waals surface area contributed by atoms with Crippen LogP contribution in [0.15, 0.2) is 6.07 Å². The number of aromatic nitrogens is 1. The largest absolute Gasteiger partial charge is 0.471 e. The van der Waals surface area contributed by atoms with Crippen LogP contribution < -0.4 is 21.1 Å². The number of hydrogen-bond donors (Lipinski definition) is 3. The molecule has 0 unspecified atom stereocenters. The van der Waals surface area contributed by atoms with Gasteiger partial charge >= 0.3 is 6.09 Å². The summed E-state index contributed by atoms with van der Waals surface area (Å²) in [5.41, 5.74) is 4.32. The first-order chi connectivity index (χ1) is 13.9. The number of halogens is 3. The molecule has 1 saturated carbocycles. The lowest BCUT2D eigenvalue weighted by atomic mass is 9.93. The lowest BCUT2D eigenvalue weighted by Crippen LogP contribution is -2.43. The van der Waals surface area contributed by atoms with Crippen LogP contribution in [0.2, 0.25) is 0 Å². The molecule has 2 rings (SSSR count). The third-order valence-electron chi connectivity index (χ3n) is 4.32. The predicted molar refractivity (Wildman–Crippen MR) is 103 cm³/mol. The van der Waals surface area contributed by atoms with E-state index in [-0.39, 0.29) is 18.0 Å². The number of alkyl carbamates (subject to hydrolysis) is 1. The highest BCUT2D eigenvalue weighted by atomic mass is 19.3. The minimum absolute atomic E-state index is 0.181. The average molecular weight is 432 g/mol. The highest BCUT2D eigenvalue weighted by Crippen LogP contribution is 2.27. The van der Waals surface area contributed by atoms with Crippen LogP contribution in [-0.4, -0.2) is 47.7 Å². The summed E-state index contributed by atoms with van der Waals surface area (Å²) in [6.07, 6.45) is -1.28. The first kappa shape index (κ1) is 23.6. The van der Waals surface area contributed by atoms with Gasteiger partial charge in [0.1, 0.15) is 11.7 Å². The molecule has 1 fully saturated rings. The van der Waals surface area contributed by atoms with E-state index in [1.807, 2.05) is 20.8 Å². The van der Waals surface area contributed by atoms with Gasteiger partial charge in [-0.05, 0) is 52.5 Å². The van der Waals surface area contributed by atoms with Gasteiger partial charge in [-0.25, -0.2) is 18.0 Å². The van der Waals surface area contributed by atoms with Crippen molar-refractivity contribution in [3.8, 4) is 5.88 Å². The topological polar surface area (TPSA) is 116 Å². The molecule has 1 aliphatic rings. The Bertz CT molecular complexity index is 763. The zero-order chi connectivity index (χ0) is 22.5. The van der Waals surface area contributed by atoms with E-state index >= 15 is 0 Å². The molecule has 0 aromatic carbocycles. The fraction of sp³-hybridized carbons (Fsp3) is 0.632. The van der Waals surface area contributed by atoms with Gasteiger partial charge in [-0.1, -0.05) is 0 Å². The first-order valence-electron chi connectivity index (χ1n) is 9.61. The van der Waals surface area contributed by atoms with Gasteiger partial charge in [-0.2, -0.15) is 4.98 Å². The number of primary amides is 1. The molecule has 0 spiro atoms. The minimum Gasteiger partial charge on any atom is -0.471 e. The molecular weight excluding hydrogens is 405 g/mol. The molecular formula is C19H27F3N4O4. The van der Waals surface area contributed by atoms with Crippen molar-refractivity contribution in [1.82, 2.24) is 10.3 Å². The molecule has 0 saturated heterocycles. The lowest BCUT2D eigenvalue weighted by molar-refractivity contribution is 0.0681. The number of hydrogen-bond acceptors (Lipinski definition) is 6. The highest BCUT2D eigenvalue weighted by Gasteiger charge is 2.27. The molecule has 4 N–H and O–H groups in total. The number of nitrogens with two attached hydrogens (primary N) is 1. The van der Waals surface area contributed by atoms with Crippen molar-refractivity contribution < 1.29 is 32.2 Å². The zero-order valence-corrected chi connectivity index (χ0v) is 17.1. The number of nitrogens with one attached hydrogen (secondary N) is 2. The van der Waals surface area contributed by atoms with Crippen LogP contribution in [-0.2, 0) is 4.74 Å². The summed E-state index contributed by atoms with van der Waals surface area (Å²) in [4.78, 5) is 27.1. The average Bonchev–Trinajstić information content (AvgIpc) is 2.61. The molecule has 168 valence electrons. The van der Waals surface area contributed by atoms with E-state index in [0.29, 0.717) is 25.7 Å². The first-order valence-corrected chi connectivity index (χ1v) is 9.61. The summed E-state index contributed by atoms with van der Waals surface area (Å²) in [5.74, 6) is -2.57. The van der Waals surface area contributed by atoms with E-state index in [2.05, 4.69) is 15.6 Å². The van der Waals surface area contributed by atoms with Crippen molar-refractivity contribution >= 4 is 17.8 Å². The van der Waals surface area contributed by atoms with Crippen molar-refractivity contribution in [3.63, 3.8) is 0 Å². The van der Waals surface area contributed by atoms with E-state index in [1.54, 1.807) is 0 Å². The third-order valence-corrected chi connectivity index (χ3v) is 4.32. The number of carbonyl (C=O) groups excluding carboxylic acids is 2. The number of nitrogens with zero attached hydrogens (tertiary/aromatic N) is 1. The van der Waals surface area contributed by atoms with Crippen molar-refractivity contribution in [2.45, 2.75) is 70.6 Å². The number of anilines is 1. The van der Waals surface area contributed by atoms with E-state index in [4.69, 9.17) is 15.2 Å². The van der Waals surface area contributed by atoms with Gasteiger partial charge in [0, 0.05) is 11.6 Å². The Morgan fingerprint density at radius 3 is 2.43 bits per heavy atom. The van der Waals surface area contributed by atoms with Crippen LogP contribution in [0.4, 0.5) is 23.8 Å². The quantitative estimate of drug-likeness (QED) is 0.609. The van der Waals surface area contributed by atoms with E-state index in [9.17, 15) is 22.8 Å². The summed E-state index contributed by atoms with van der Waals surface area (Å²) in [5, 5.41) is 5.62. The highest BCUT2D eigenvalue weighted by molar-refractivity contribution is 5.95. The van der Waals surface area contributed by atoms with Gasteiger partial charge in [-0.3, -0.25) is 4.79 Å². The van der Waals surface area contributed by atoms with Gasteiger partial charge in [0.05, 0.1) is 0 Å². The molecule has 0 aliphatic heterocycles. The second-order valence-electron chi connectivity index (χ2n) is 8.14. The van der Waals surface area contributed by atoms with Gasteiger partial charge in [0.25, 0.3) is 12.3 Å². The van der Waals surface area contributed by atoms with Gasteiger partial charge in [-0.15, -0.1) is 0 Å². The molecule has 0 radical (unpaired) electrons. The Hall–Kier alpha value is -2.72. The lowest BCUT2D eigenvalue weighted by Gasteiger charge is -2.30. The number of amides is 2. The predicted octanol–water partition coefficient (Wildman–Crippen LogP) is 3.21. The molecule has 1 heterocycles. The van der Waals surface area contributed by atoms with Crippen molar-refractivity contribution in [2.75, 3.05) is 11.9 Å². The van der Waals surface area contributed by atoms with Crippen LogP contribution >= 0.6 is 0 Å². The summed E-state index contributed by atoms with van der Waals surface area (Å²) in [6, 6.07) is 0.629. The Morgan fingerprint density at radius 2 is 1.90 bits per heavy atom. The van der Waals surface area contributed by atoms with Gasteiger partial charge < -0.3 is 25.8 Å². The van der Waals surface area contributed by atoms with Crippen molar-refractivity contribution in [2.24, 2.45) is 5.73 Å². The van der Waals surface area contributed by atoms with Crippen LogP contribution in [0.3, 0.4) is 0 Å². The van der Waals surface area contributed by atoms with Crippen LogP contribution in [0.25, 0.3) is 0 Å². The zero-order valence-electron chi connectivity index (χ0n) is 17.1. The van der Waals surface area contributed by atoms with E-state index < -0.39 is 47.8 Å². The number of pyridine rings is 1. The molecule has 1 aliphatic carbocycles. The summed E-state index contributed by atoms with van der Waals surface area (Å²) >= 11 is 0. The maximum atomic E-state index is 14.3. The van der Waals surface area contributed by atoms with Crippen molar-refractivity contribution in [3.05, 3.63) is 17.4 Å². The summed E-state index contributed by atoms with van der Waals surface area (Å²) in [6.45, 7) is 4.54. The van der Waals surface area contributed by atoms with Crippen LogP contribution in [0.5, 0.6) is 5.88 Å². The third kappa shape index (κ3) is 7.27. The number of alkyl halides is 2. The van der Waals surface area contributed by atoms with Gasteiger partial charge in [0.2, 0.25) is 5.88 Å². The minimum atomic E-state index is -2.79. The summed E-state index contributed by atoms with van der Waals surface area (Å²) in [7, 11) is 0. The molecule has 11 heteroatoms. The monoisotopic (exact) mass is 432 g/mol. The number of carbonyl (C=O) groups is 2. The van der Waals surface area contributed by atoms with Crippen LogP contribution in [0.1, 0.15) is 56.8 Å². The fourth-order valence-electron chi connectivity index (χ4n) is 3.01. The standard InChI is InChI=1S/C19H27F3N4O4/c1-19(2,3)26-18(28)30-11-6-4-10(5-7-11)24-16-13(20)8-12(15(23)27)17(25-16)29-9-14(21)22/h8,10-11,14H,4-7,9H2,1-3H3,(H2,23,27)(H,24,25)(H,26,28). The Morgan fingerprint density at radius 1 is 1.27 bits per heavy atom. The summed E-state index contributed by atoms with van der Waals surface area (Å²) < 4.78 is 49.4. The molecule has 1 aromatic rings. The maximum Gasteiger partial charge on any atom is 0.407 e. The van der Waals surface area contributed by atoms with E-state index in [1.165, 1.54) is 0 Å². The number of ether oxygens (including phenoxy) is 2. The number of rotatable bonds is 7. The molecule has 0 bridgehead atoms. The Balaban J connectivity index is 1.97. The van der Waals surface area contributed by atoms with Gasteiger partial charge in [0.15, 0.2) is 18.2 Å². The second-order valence-corrected chi connectivity index (χ2v) is 8.14. The second kappa shape index (κ2) is 9.86. The Kier molecular flexibility index (Phi) is 7.74. The Labute approximate surface area is 172 Å². The SMILES string of the molecule is CC(C)(C)NC(=O)OC1CCC(Nc2nc(OCC(F)F)c(C(N)=O)cc2F)CC1. The molecule has 2 amide bonds. The normalized spacial score (nSPS) is 19.3. The van der Waals surface area contributed by atoms with Crippen molar-refractivity contribution in [1.29, 1.82) is 0 Å². The molecule has 30 heavy (non-hydrogen) atoms.